The fourth-order valence-corrected chi connectivity index (χ4v) is 2.88. The van der Waals surface area contributed by atoms with Gasteiger partial charge in [0.25, 0.3) is 0 Å². The summed E-state index contributed by atoms with van der Waals surface area (Å²) in [4.78, 5) is 11.5. The van der Waals surface area contributed by atoms with Crippen molar-refractivity contribution in [2.45, 2.75) is 10.6 Å². The fourth-order valence-electron chi connectivity index (χ4n) is 1.71. The predicted octanol–water partition coefficient (Wildman–Crippen LogP) is 2.92. The van der Waals surface area contributed by atoms with Gasteiger partial charge in [-0.05, 0) is 29.8 Å². The smallest absolute Gasteiger partial charge is 0.337 e. The maximum atomic E-state index is 13.5. The monoisotopic (exact) mass is 292 g/mol. The lowest BCUT2D eigenvalue weighted by Crippen LogP contribution is -2.02. The van der Waals surface area contributed by atoms with E-state index in [9.17, 15) is 13.4 Å². The van der Waals surface area contributed by atoms with Crippen LogP contribution in [0.25, 0.3) is 0 Å². The third-order valence-corrected chi connectivity index (χ3v) is 4.17. The number of halogens is 1. The molecule has 1 unspecified atom stereocenters. The van der Waals surface area contributed by atoms with E-state index in [1.54, 1.807) is 36.4 Å². The maximum Gasteiger partial charge on any atom is 0.337 e. The first-order valence-electron chi connectivity index (χ1n) is 5.92. The first-order chi connectivity index (χ1) is 9.61. The highest BCUT2D eigenvalue weighted by Crippen LogP contribution is 2.16. The summed E-state index contributed by atoms with van der Waals surface area (Å²) in [5.74, 6) is -0.702. The van der Waals surface area contributed by atoms with E-state index in [2.05, 4.69) is 4.74 Å². The number of esters is 1. The van der Waals surface area contributed by atoms with Crippen molar-refractivity contribution in [3.05, 3.63) is 65.5 Å². The normalized spacial score (nSPS) is 11.9. The molecule has 0 aliphatic rings. The Kier molecular flexibility index (Phi) is 4.63. The summed E-state index contributed by atoms with van der Waals surface area (Å²) in [6.07, 6.45) is 0. The van der Waals surface area contributed by atoms with Gasteiger partial charge in [0.2, 0.25) is 0 Å². The molecule has 2 aromatic rings. The van der Waals surface area contributed by atoms with Crippen molar-refractivity contribution in [3.63, 3.8) is 0 Å². The lowest BCUT2D eigenvalue weighted by atomic mass is 10.1. The quantitative estimate of drug-likeness (QED) is 0.814. The Morgan fingerprint density at radius 1 is 1.15 bits per heavy atom. The Morgan fingerprint density at radius 2 is 1.80 bits per heavy atom. The van der Waals surface area contributed by atoms with Crippen molar-refractivity contribution < 1.29 is 18.1 Å². The largest absolute Gasteiger partial charge is 0.465 e. The molecule has 0 aliphatic carbocycles. The van der Waals surface area contributed by atoms with Crippen molar-refractivity contribution >= 4 is 16.8 Å². The second-order valence-electron chi connectivity index (χ2n) is 4.11. The molecular weight excluding hydrogens is 279 g/mol. The molecule has 3 nitrogen and oxygen atoms in total. The number of hydrogen-bond acceptors (Lipinski definition) is 3. The van der Waals surface area contributed by atoms with Crippen LogP contribution in [-0.2, 0) is 21.3 Å². The van der Waals surface area contributed by atoms with Gasteiger partial charge in [-0.25, -0.2) is 9.18 Å². The fraction of sp³-hybridized carbons (Fsp3) is 0.133. The van der Waals surface area contributed by atoms with Gasteiger partial charge in [0.05, 0.1) is 34.1 Å². The summed E-state index contributed by atoms with van der Waals surface area (Å²) >= 11 is 0. The molecule has 1 atom stereocenters. The molecule has 0 saturated carbocycles. The van der Waals surface area contributed by atoms with E-state index in [1.807, 2.05) is 0 Å². The molecule has 0 saturated heterocycles. The molecule has 0 bridgehead atoms. The van der Waals surface area contributed by atoms with Crippen LogP contribution >= 0.6 is 0 Å². The summed E-state index contributed by atoms with van der Waals surface area (Å²) in [7, 11) is -0.147. The van der Waals surface area contributed by atoms with Crippen LogP contribution in [0.1, 0.15) is 15.9 Å². The van der Waals surface area contributed by atoms with E-state index >= 15 is 0 Å². The van der Waals surface area contributed by atoms with E-state index in [-0.39, 0.29) is 10.6 Å². The van der Waals surface area contributed by atoms with Gasteiger partial charge >= 0.3 is 5.97 Å². The first-order valence-corrected chi connectivity index (χ1v) is 7.24. The third kappa shape index (κ3) is 3.30. The van der Waals surface area contributed by atoms with E-state index in [0.29, 0.717) is 5.56 Å². The zero-order chi connectivity index (χ0) is 14.5. The van der Waals surface area contributed by atoms with Gasteiger partial charge in [-0.15, -0.1) is 0 Å². The summed E-state index contributed by atoms with van der Waals surface area (Å²) in [5, 5.41) is 0. The van der Waals surface area contributed by atoms with Gasteiger partial charge in [0.1, 0.15) is 5.82 Å². The molecule has 2 aromatic carbocycles. The standard InChI is InChI=1S/C15H13FO3S/c1-19-15(17)12-8-6-11(7-9-12)10-20(18)14-5-3-2-4-13(14)16/h2-9H,10H2,1H3. The number of carbonyl (C=O) groups is 1. The molecule has 0 amide bonds. The number of ether oxygens (including phenoxy) is 1. The van der Waals surface area contributed by atoms with Crippen LogP contribution in [0.2, 0.25) is 0 Å². The SMILES string of the molecule is COC(=O)c1ccc(CS(=O)c2ccccc2F)cc1. The molecule has 5 heteroatoms. The van der Waals surface area contributed by atoms with Gasteiger partial charge < -0.3 is 4.74 Å². The highest BCUT2D eigenvalue weighted by atomic mass is 32.2. The second-order valence-corrected chi connectivity index (χ2v) is 5.53. The Morgan fingerprint density at radius 3 is 2.40 bits per heavy atom. The average Bonchev–Trinajstić information content (AvgIpc) is 2.47. The molecule has 0 radical (unpaired) electrons. The maximum absolute atomic E-state index is 13.5. The number of carbonyl (C=O) groups excluding carboxylic acids is 1. The lowest BCUT2D eigenvalue weighted by molar-refractivity contribution is 0.0600. The van der Waals surface area contributed by atoms with E-state index in [0.717, 1.165) is 5.56 Å². The number of methoxy groups -OCH3 is 1. The number of hydrogen-bond donors (Lipinski definition) is 0. The Balaban J connectivity index is 2.13. The van der Waals surface area contributed by atoms with Crippen molar-refractivity contribution in [1.82, 2.24) is 0 Å². The second kappa shape index (κ2) is 6.43. The molecule has 0 fully saturated rings. The zero-order valence-corrected chi connectivity index (χ0v) is 11.7. The Hall–Kier alpha value is -2.01. The van der Waals surface area contributed by atoms with Gasteiger partial charge in [0.15, 0.2) is 0 Å². The van der Waals surface area contributed by atoms with Crippen LogP contribution < -0.4 is 0 Å². The number of benzene rings is 2. The predicted molar refractivity (Wildman–Crippen MR) is 74.3 cm³/mol. The molecule has 0 aliphatic heterocycles. The third-order valence-electron chi connectivity index (χ3n) is 2.75. The Bertz CT molecular complexity index is 638. The minimum atomic E-state index is -1.46. The topological polar surface area (TPSA) is 43.4 Å². The van der Waals surface area contributed by atoms with Crippen LogP contribution in [0, 0.1) is 5.82 Å². The van der Waals surface area contributed by atoms with E-state index < -0.39 is 22.6 Å². The van der Waals surface area contributed by atoms with Crippen molar-refractivity contribution in [1.29, 1.82) is 0 Å². The van der Waals surface area contributed by atoms with Crippen LogP contribution in [0.4, 0.5) is 4.39 Å². The van der Waals surface area contributed by atoms with Crippen LogP contribution in [0.3, 0.4) is 0 Å². The minimum absolute atomic E-state index is 0.185. The van der Waals surface area contributed by atoms with E-state index in [1.165, 1.54) is 19.2 Å². The van der Waals surface area contributed by atoms with Crippen LogP contribution in [0.5, 0.6) is 0 Å². The molecule has 0 heterocycles. The van der Waals surface area contributed by atoms with Gasteiger partial charge in [-0.2, -0.15) is 0 Å². The van der Waals surface area contributed by atoms with Gasteiger partial charge in [0, 0.05) is 0 Å². The summed E-state index contributed by atoms with van der Waals surface area (Å²) in [5.41, 5.74) is 1.19. The molecule has 0 spiro atoms. The van der Waals surface area contributed by atoms with Crippen molar-refractivity contribution in [3.8, 4) is 0 Å². The molecular formula is C15H13FO3S. The molecule has 0 aromatic heterocycles. The molecule has 104 valence electrons. The molecule has 0 N–H and O–H groups in total. The molecule has 20 heavy (non-hydrogen) atoms. The summed E-state index contributed by atoms with van der Waals surface area (Å²) in [6.45, 7) is 0. The zero-order valence-electron chi connectivity index (χ0n) is 10.8. The van der Waals surface area contributed by atoms with Gasteiger partial charge in [-0.3, -0.25) is 4.21 Å². The number of rotatable bonds is 4. The summed E-state index contributed by atoms with van der Waals surface area (Å²) in [6, 6.07) is 12.6. The lowest BCUT2D eigenvalue weighted by Gasteiger charge is -2.05. The molecule has 2 rings (SSSR count). The Labute approximate surface area is 118 Å². The first kappa shape index (κ1) is 14.4. The van der Waals surface area contributed by atoms with Gasteiger partial charge in [-0.1, -0.05) is 24.3 Å². The van der Waals surface area contributed by atoms with Crippen LogP contribution in [0.15, 0.2) is 53.4 Å². The summed E-state index contributed by atoms with van der Waals surface area (Å²) < 4.78 is 30.2. The average molecular weight is 292 g/mol. The van der Waals surface area contributed by atoms with Crippen LogP contribution in [-0.4, -0.2) is 17.3 Å². The van der Waals surface area contributed by atoms with E-state index in [4.69, 9.17) is 0 Å². The van der Waals surface area contributed by atoms with Crippen molar-refractivity contribution in [2.75, 3.05) is 7.11 Å². The highest BCUT2D eigenvalue weighted by molar-refractivity contribution is 7.84. The highest BCUT2D eigenvalue weighted by Gasteiger charge is 2.11. The van der Waals surface area contributed by atoms with Crippen molar-refractivity contribution in [2.24, 2.45) is 0 Å². The minimum Gasteiger partial charge on any atom is -0.465 e.